The molecule has 0 aliphatic carbocycles. The summed E-state index contributed by atoms with van der Waals surface area (Å²) in [6, 6.07) is 7.59. The maximum absolute atomic E-state index is 12.1. The van der Waals surface area contributed by atoms with Gasteiger partial charge in [0.1, 0.15) is 11.4 Å². The normalized spacial score (nSPS) is 16.9. The summed E-state index contributed by atoms with van der Waals surface area (Å²) >= 11 is 0. The van der Waals surface area contributed by atoms with Gasteiger partial charge in [-0.2, -0.15) is 0 Å². The molecule has 0 atom stereocenters. The van der Waals surface area contributed by atoms with Crippen LogP contribution in [0.25, 0.3) is 0 Å². The highest BCUT2D eigenvalue weighted by atomic mass is 16.5. The van der Waals surface area contributed by atoms with E-state index >= 15 is 0 Å². The smallest absolute Gasteiger partial charge is 0.227 e. The van der Waals surface area contributed by atoms with Crippen molar-refractivity contribution in [1.82, 2.24) is 4.90 Å². The number of ether oxygens (including phenoxy) is 1. The standard InChI is InChI=1S/C16H23NO3/c1-4-20-14-7-5-13(6-8-14)9-15(18)17-10-16(19,11-17)12(2)3/h5-8,12,19H,4,9-11H2,1-3H3. The number of β-amino-alcohol motifs (C(OH)–C–C–N with tert-alkyl or cyclic N) is 1. The van der Waals surface area contributed by atoms with Gasteiger partial charge >= 0.3 is 0 Å². The third kappa shape index (κ3) is 3.12. The Balaban J connectivity index is 1.87. The fourth-order valence-corrected chi connectivity index (χ4v) is 2.31. The van der Waals surface area contributed by atoms with E-state index in [1.165, 1.54) is 0 Å². The van der Waals surface area contributed by atoms with Crippen molar-refractivity contribution in [3.8, 4) is 5.75 Å². The van der Waals surface area contributed by atoms with Crippen LogP contribution in [-0.2, 0) is 11.2 Å². The quantitative estimate of drug-likeness (QED) is 0.893. The molecule has 1 amide bonds. The minimum Gasteiger partial charge on any atom is -0.494 e. The number of rotatable bonds is 5. The van der Waals surface area contributed by atoms with Crippen molar-refractivity contribution in [3.63, 3.8) is 0 Å². The third-order valence-corrected chi connectivity index (χ3v) is 3.95. The van der Waals surface area contributed by atoms with Gasteiger partial charge in [0, 0.05) is 0 Å². The largest absolute Gasteiger partial charge is 0.494 e. The molecule has 4 nitrogen and oxygen atoms in total. The monoisotopic (exact) mass is 277 g/mol. The fraction of sp³-hybridized carbons (Fsp3) is 0.562. The summed E-state index contributed by atoms with van der Waals surface area (Å²) in [5, 5.41) is 10.2. The van der Waals surface area contributed by atoms with Crippen LogP contribution in [-0.4, -0.2) is 41.2 Å². The maximum Gasteiger partial charge on any atom is 0.227 e. The van der Waals surface area contributed by atoms with Crippen LogP contribution in [0.3, 0.4) is 0 Å². The van der Waals surface area contributed by atoms with Gasteiger partial charge in [0.25, 0.3) is 0 Å². The molecule has 1 N–H and O–H groups in total. The lowest BCUT2D eigenvalue weighted by molar-refractivity contribution is -0.163. The predicted molar refractivity (Wildman–Crippen MR) is 77.7 cm³/mol. The zero-order valence-electron chi connectivity index (χ0n) is 12.4. The van der Waals surface area contributed by atoms with Crippen molar-refractivity contribution in [1.29, 1.82) is 0 Å². The van der Waals surface area contributed by atoms with Gasteiger partial charge in [-0.25, -0.2) is 0 Å². The zero-order valence-corrected chi connectivity index (χ0v) is 12.4. The molecule has 1 saturated heterocycles. The molecule has 0 spiro atoms. The van der Waals surface area contributed by atoms with Crippen molar-refractivity contribution < 1.29 is 14.6 Å². The summed E-state index contributed by atoms with van der Waals surface area (Å²) in [7, 11) is 0. The lowest BCUT2D eigenvalue weighted by atomic mass is 9.83. The van der Waals surface area contributed by atoms with Crippen LogP contribution in [0.5, 0.6) is 5.75 Å². The van der Waals surface area contributed by atoms with Crippen molar-refractivity contribution in [2.75, 3.05) is 19.7 Å². The third-order valence-electron chi connectivity index (χ3n) is 3.95. The Hall–Kier alpha value is -1.55. The molecule has 0 bridgehead atoms. The maximum atomic E-state index is 12.1. The number of benzene rings is 1. The number of hydrogen-bond donors (Lipinski definition) is 1. The van der Waals surface area contributed by atoms with Gasteiger partial charge in [-0.1, -0.05) is 26.0 Å². The van der Waals surface area contributed by atoms with Crippen LogP contribution >= 0.6 is 0 Å². The van der Waals surface area contributed by atoms with Gasteiger partial charge in [-0.3, -0.25) is 4.79 Å². The van der Waals surface area contributed by atoms with E-state index in [-0.39, 0.29) is 11.8 Å². The first kappa shape index (κ1) is 14.9. The second-order valence-corrected chi connectivity index (χ2v) is 5.76. The highest BCUT2D eigenvalue weighted by Crippen LogP contribution is 2.29. The Bertz CT molecular complexity index is 461. The van der Waals surface area contributed by atoms with Crippen LogP contribution in [0.2, 0.25) is 0 Å². The number of nitrogens with zero attached hydrogens (tertiary/aromatic N) is 1. The molecule has 110 valence electrons. The Labute approximate surface area is 120 Å². The van der Waals surface area contributed by atoms with E-state index in [9.17, 15) is 9.90 Å². The number of carbonyl (C=O) groups excluding carboxylic acids is 1. The van der Waals surface area contributed by atoms with Gasteiger partial charge in [-0.05, 0) is 30.5 Å². The van der Waals surface area contributed by atoms with E-state index in [4.69, 9.17) is 4.74 Å². The van der Waals surface area contributed by atoms with Crippen LogP contribution < -0.4 is 4.74 Å². The molecule has 1 aromatic rings. The number of amides is 1. The van der Waals surface area contributed by atoms with Crippen molar-refractivity contribution in [2.24, 2.45) is 5.92 Å². The van der Waals surface area contributed by atoms with Crippen LogP contribution in [0.1, 0.15) is 26.3 Å². The molecule has 4 heteroatoms. The average Bonchev–Trinajstić information content (AvgIpc) is 2.37. The Kier molecular flexibility index (Phi) is 4.33. The Morgan fingerprint density at radius 2 is 1.95 bits per heavy atom. The van der Waals surface area contributed by atoms with E-state index < -0.39 is 5.60 Å². The van der Waals surface area contributed by atoms with Gasteiger partial charge in [0.15, 0.2) is 0 Å². The zero-order chi connectivity index (χ0) is 14.8. The van der Waals surface area contributed by atoms with Crippen LogP contribution in [0, 0.1) is 5.92 Å². The average molecular weight is 277 g/mol. The number of aliphatic hydroxyl groups is 1. The summed E-state index contributed by atoms with van der Waals surface area (Å²) in [6.45, 7) is 7.43. The minimum absolute atomic E-state index is 0.0690. The van der Waals surface area contributed by atoms with Gasteiger partial charge in [0.2, 0.25) is 5.91 Å². The van der Waals surface area contributed by atoms with Gasteiger partial charge in [-0.15, -0.1) is 0 Å². The first-order valence-corrected chi connectivity index (χ1v) is 7.16. The minimum atomic E-state index is -0.700. The summed E-state index contributed by atoms with van der Waals surface area (Å²) in [5.74, 6) is 1.07. The van der Waals surface area contributed by atoms with E-state index in [0.29, 0.717) is 26.1 Å². The van der Waals surface area contributed by atoms with E-state index in [2.05, 4.69) is 0 Å². The molecule has 1 heterocycles. The highest BCUT2D eigenvalue weighted by molar-refractivity contribution is 5.80. The molecule has 1 aliphatic rings. The summed E-state index contributed by atoms with van der Waals surface area (Å²) < 4.78 is 5.37. The van der Waals surface area contributed by atoms with Gasteiger partial charge in [0.05, 0.1) is 26.1 Å². The molecular weight excluding hydrogens is 254 g/mol. The van der Waals surface area contributed by atoms with Crippen molar-refractivity contribution in [3.05, 3.63) is 29.8 Å². The molecule has 1 aromatic carbocycles. The molecule has 20 heavy (non-hydrogen) atoms. The van der Waals surface area contributed by atoms with Crippen LogP contribution in [0.4, 0.5) is 0 Å². The number of carbonyl (C=O) groups is 1. The molecule has 1 aliphatic heterocycles. The number of likely N-dealkylation sites (tertiary alicyclic amines) is 1. The van der Waals surface area contributed by atoms with Crippen LogP contribution in [0.15, 0.2) is 24.3 Å². The lowest BCUT2D eigenvalue weighted by Gasteiger charge is -2.49. The fourth-order valence-electron chi connectivity index (χ4n) is 2.31. The van der Waals surface area contributed by atoms with E-state index in [1.54, 1.807) is 4.90 Å². The highest BCUT2D eigenvalue weighted by Gasteiger charge is 2.45. The van der Waals surface area contributed by atoms with Crippen molar-refractivity contribution >= 4 is 5.91 Å². The molecule has 0 aromatic heterocycles. The van der Waals surface area contributed by atoms with E-state index in [0.717, 1.165) is 11.3 Å². The van der Waals surface area contributed by atoms with Gasteiger partial charge < -0.3 is 14.7 Å². The first-order valence-electron chi connectivity index (χ1n) is 7.16. The molecule has 0 saturated carbocycles. The number of hydrogen-bond acceptors (Lipinski definition) is 3. The first-order chi connectivity index (χ1) is 9.44. The molecular formula is C16H23NO3. The second-order valence-electron chi connectivity index (χ2n) is 5.76. The Morgan fingerprint density at radius 1 is 1.35 bits per heavy atom. The van der Waals surface area contributed by atoms with E-state index in [1.807, 2.05) is 45.0 Å². The topological polar surface area (TPSA) is 49.8 Å². The van der Waals surface area contributed by atoms with Crippen molar-refractivity contribution in [2.45, 2.75) is 32.8 Å². The summed E-state index contributed by atoms with van der Waals surface area (Å²) in [4.78, 5) is 13.8. The predicted octanol–water partition coefficient (Wildman–Crippen LogP) is 1.86. The summed E-state index contributed by atoms with van der Waals surface area (Å²) in [5.41, 5.74) is 0.271. The molecule has 0 radical (unpaired) electrons. The SMILES string of the molecule is CCOc1ccc(CC(=O)N2CC(O)(C(C)C)C2)cc1. The summed E-state index contributed by atoms with van der Waals surface area (Å²) in [6.07, 6.45) is 0.376. The molecule has 0 unspecified atom stereocenters. The Morgan fingerprint density at radius 3 is 2.45 bits per heavy atom. The molecule has 2 rings (SSSR count). The second kappa shape index (κ2) is 5.83. The lowest BCUT2D eigenvalue weighted by Crippen LogP contribution is -2.66. The molecule has 1 fully saturated rings.